The molecule has 4 heteroatoms. The van der Waals surface area contributed by atoms with E-state index in [-0.39, 0.29) is 10.6 Å². The van der Waals surface area contributed by atoms with Gasteiger partial charge < -0.3 is 14.4 Å². The van der Waals surface area contributed by atoms with Crippen molar-refractivity contribution < 1.29 is 9.53 Å². The Morgan fingerprint density at radius 2 is 1.41 bits per heavy atom. The van der Waals surface area contributed by atoms with E-state index in [4.69, 9.17) is 4.43 Å². The first-order valence-corrected chi connectivity index (χ1v) is 15.7. The second kappa shape index (κ2) is 11.3. The number of nitrogens with zero attached hydrogens (tertiary/aromatic N) is 1. The number of aliphatic hydroxyl groups excluding tert-OH is 1. The summed E-state index contributed by atoms with van der Waals surface area (Å²) < 4.78 is 7.22. The minimum absolute atomic E-state index is 0.0544. The maximum Gasteiger partial charge on any atom is 0.261 e. The van der Waals surface area contributed by atoms with E-state index in [0.29, 0.717) is 19.0 Å². The van der Waals surface area contributed by atoms with E-state index in [2.05, 4.69) is 99.8 Å². The third kappa shape index (κ3) is 5.28. The molecule has 0 heterocycles. The molecule has 0 atom stereocenters. The molecule has 196 valence electrons. The minimum atomic E-state index is -2.65. The summed E-state index contributed by atoms with van der Waals surface area (Å²) in [6.45, 7) is 14.6. The molecule has 0 spiro atoms. The summed E-state index contributed by atoms with van der Waals surface area (Å²) in [4.78, 5) is 2.25. The average Bonchev–Trinajstić information content (AvgIpc) is 3.39. The third-order valence-corrected chi connectivity index (χ3v) is 13.4. The zero-order valence-corrected chi connectivity index (χ0v) is 24.0. The predicted molar refractivity (Wildman–Crippen MR) is 159 cm³/mol. The lowest BCUT2D eigenvalue weighted by molar-refractivity contribution is 0.0967. The molecule has 0 unspecified atom stereocenters. The Kier molecular flexibility index (Phi) is 8.30. The van der Waals surface area contributed by atoms with Gasteiger partial charge in [-0.2, -0.15) is 0 Å². The van der Waals surface area contributed by atoms with E-state index >= 15 is 0 Å². The van der Waals surface area contributed by atoms with Crippen LogP contribution in [0.3, 0.4) is 0 Å². The molecular formula is C33H43NO2Si. The van der Waals surface area contributed by atoms with Gasteiger partial charge in [0.05, 0.1) is 6.61 Å². The molecule has 0 radical (unpaired) electrons. The zero-order valence-electron chi connectivity index (χ0n) is 23.0. The van der Waals surface area contributed by atoms with E-state index < -0.39 is 8.32 Å². The van der Waals surface area contributed by atoms with Crippen LogP contribution in [0.15, 0.2) is 84.9 Å². The van der Waals surface area contributed by atoms with E-state index in [1.165, 1.54) is 23.2 Å². The van der Waals surface area contributed by atoms with Crippen molar-refractivity contribution in [2.24, 2.45) is 0 Å². The van der Waals surface area contributed by atoms with Crippen molar-refractivity contribution in [1.29, 1.82) is 0 Å². The van der Waals surface area contributed by atoms with Crippen LogP contribution in [0.25, 0.3) is 12.5 Å². The van der Waals surface area contributed by atoms with Crippen LogP contribution in [0.2, 0.25) is 5.04 Å². The summed E-state index contributed by atoms with van der Waals surface area (Å²) in [6, 6.07) is 29.5. The Labute approximate surface area is 224 Å². The predicted octanol–water partition coefficient (Wildman–Crippen LogP) is 5.32. The molecule has 0 saturated heterocycles. The number of aliphatic hydroxyl groups is 1. The van der Waals surface area contributed by atoms with Crippen LogP contribution < -0.4 is 20.8 Å². The van der Waals surface area contributed by atoms with Gasteiger partial charge in [0.2, 0.25) is 0 Å². The molecule has 3 nitrogen and oxygen atoms in total. The van der Waals surface area contributed by atoms with Crippen molar-refractivity contribution in [3.05, 3.63) is 95.4 Å². The Bertz CT molecular complexity index is 1220. The first-order chi connectivity index (χ1) is 17.7. The fourth-order valence-corrected chi connectivity index (χ4v) is 10.9. The fourth-order valence-electron chi connectivity index (χ4n) is 6.35. The monoisotopic (exact) mass is 513 g/mol. The lowest BCUT2D eigenvalue weighted by Gasteiger charge is -2.45. The van der Waals surface area contributed by atoms with Crippen LogP contribution in [0.5, 0.6) is 0 Å². The van der Waals surface area contributed by atoms with Gasteiger partial charge in [-0.1, -0.05) is 126 Å². The number of hydrogen-bond donors (Lipinski definition) is 1. The van der Waals surface area contributed by atoms with Gasteiger partial charge in [-0.15, -0.1) is 0 Å². The van der Waals surface area contributed by atoms with Crippen LogP contribution in [-0.2, 0) is 4.43 Å². The SMILES string of the molecule is C=c1cccc/c1=C(/O)N(CCO[Si](c1ccccc1)(c1ccccc1)C(C)(C)C)C1(CC)CCCC1. The second-order valence-electron chi connectivity index (χ2n) is 11.4. The molecule has 0 amide bonds. The molecule has 37 heavy (non-hydrogen) atoms. The maximum absolute atomic E-state index is 11.7. The van der Waals surface area contributed by atoms with Crippen LogP contribution >= 0.6 is 0 Å². The largest absolute Gasteiger partial charge is 0.494 e. The number of rotatable bonds is 9. The third-order valence-electron chi connectivity index (χ3n) is 8.33. The summed E-state index contributed by atoms with van der Waals surface area (Å²) in [5.41, 5.74) is -0.0544. The van der Waals surface area contributed by atoms with Crippen molar-refractivity contribution in [2.45, 2.75) is 70.4 Å². The molecule has 0 bridgehead atoms. The Hall–Kier alpha value is -2.82. The van der Waals surface area contributed by atoms with Gasteiger partial charge in [0.15, 0.2) is 5.88 Å². The highest BCUT2D eigenvalue weighted by molar-refractivity contribution is 6.99. The quantitative estimate of drug-likeness (QED) is 0.393. The van der Waals surface area contributed by atoms with Gasteiger partial charge in [-0.05, 0) is 46.0 Å². The van der Waals surface area contributed by atoms with Crippen molar-refractivity contribution in [3.8, 4) is 0 Å². The lowest BCUT2D eigenvalue weighted by Crippen LogP contribution is -2.67. The summed E-state index contributed by atoms with van der Waals surface area (Å²) in [6.07, 6.45) is 5.56. The van der Waals surface area contributed by atoms with E-state index in [1.54, 1.807) is 0 Å². The van der Waals surface area contributed by atoms with Gasteiger partial charge in [0.1, 0.15) is 0 Å². The zero-order chi connectivity index (χ0) is 26.5. The van der Waals surface area contributed by atoms with Gasteiger partial charge in [0, 0.05) is 17.3 Å². The van der Waals surface area contributed by atoms with Crippen LogP contribution in [0.1, 0.15) is 59.8 Å². The molecule has 1 aliphatic rings. The van der Waals surface area contributed by atoms with E-state index in [0.717, 1.165) is 29.7 Å². The molecular weight excluding hydrogens is 470 g/mol. The van der Waals surface area contributed by atoms with Gasteiger partial charge in [-0.25, -0.2) is 0 Å². The second-order valence-corrected chi connectivity index (χ2v) is 15.7. The molecule has 3 aromatic rings. The van der Waals surface area contributed by atoms with Crippen molar-refractivity contribution >= 4 is 31.2 Å². The number of hydrogen-bond acceptors (Lipinski definition) is 3. The molecule has 1 N–H and O–H groups in total. The van der Waals surface area contributed by atoms with E-state index in [1.807, 2.05) is 24.3 Å². The van der Waals surface area contributed by atoms with Crippen molar-refractivity contribution in [3.63, 3.8) is 0 Å². The Morgan fingerprint density at radius 3 is 1.89 bits per heavy atom. The highest BCUT2D eigenvalue weighted by Gasteiger charge is 2.50. The van der Waals surface area contributed by atoms with Crippen molar-refractivity contribution in [2.75, 3.05) is 13.2 Å². The number of benzene rings is 3. The Balaban J connectivity index is 1.76. The topological polar surface area (TPSA) is 32.7 Å². The molecule has 0 aliphatic heterocycles. The summed E-state index contributed by atoms with van der Waals surface area (Å²) in [5.74, 6) is 0.334. The maximum atomic E-state index is 11.7. The standard InChI is InChI=1S/C33H43NO2Si/c1-6-33(23-15-16-24-33)34(31(35)30-22-14-13-17-27(30)2)25-26-36-37(32(3,4)5,28-18-9-7-10-19-28)29-20-11-8-12-21-29/h7-14,17-22,35H,2,6,15-16,23-26H2,1,3-5H3/b31-30-. The van der Waals surface area contributed by atoms with Gasteiger partial charge in [-0.3, -0.25) is 0 Å². The summed E-state index contributed by atoms with van der Waals surface area (Å²) >= 11 is 0. The molecule has 3 aromatic carbocycles. The van der Waals surface area contributed by atoms with E-state index in [9.17, 15) is 5.11 Å². The molecule has 1 fully saturated rings. The van der Waals surface area contributed by atoms with Crippen LogP contribution in [-0.4, -0.2) is 37.0 Å². The summed E-state index contributed by atoms with van der Waals surface area (Å²) in [7, 11) is -2.65. The molecule has 1 aliphatic carbocycles. The van der Waals surface area contributed by atoms with Crippen LogP contribution in [0.4, 0.5) is 0 Å². The summed E-state index contributed by atoms with van der Waals surface area (Å²) in [5, 5.41) is 15.8. The molecule has 0 aromatic heterocycles. The lowest BCUT2D eigenvalue weighted by atomic mass is 9.91. The first-order valence-electron chi connectivity index (χ1n) is 13.7. The highest BCUT2D eigenvalue weighted by Crippen LogP contribution is 2.40. The smallest absolute Gasteiger partial charge is 0.261 e. The fraction of sp³-hybridized carbons (Fsp3) is 0.394. The minimum Gasteiger partial charge on any atom is -0.494 e. The van der Waals surface area contributed by atoms with Crippen LogP contribution in [0, 0.1) is 0 Å². The molecule has 1 saturated carbocycles. The molecule has 4 rings (SSSR count). The Morgan fingerprint density at radius 1 is 0.892 bits per heavy atom. The highest BCUT2D eigenvalue weighted by atomic mass is 28.4. The van der Waals surface area contributed by atoms with Gasteiger partial charge >= 0.3 is 0 Å². The van der Waals surface area contributed by atoms with Crippen molar-refractivity contribution in [1.82, 2.24) is 4.90 Å². The normalized spacial score (nSPS) is 16.4. The van der Waals surface area contributed by atoms with Gasteiger partial charge in [0.25, 0.3) is 8.32 Å². The average molecular weight is 514 g/mol. The first kappa shape index (κ1) is 27.2.